The van der Waals surface area contributed by atoms with E-state index < -0.39 is 11.4 Å². The van der Waals surface area contributed by atoms with Gasteiger partial charge in [0.25, 0.3) is 5.91 Å². The number of likely N-dealkylation sites (N-methyl/N-ethyl adjacent to an activating group) is 1. The highest BCUT2D eigenvalue weighted by Crippen LogP contribution is 2.35. The van der Waals surface area contributed by atoms with Gasteiger partial charge in [0, 0.05) is 7.05 Å². The minimum atomic E-state index is -0.636. The third-order valence-electron chi connectivity index (χ3n) is 3.71. The number of carbonyl (C=O) groups is 2. The van der Waals surface area contributed by atoms with Crippen molar-refractivity contribution in [1.29, 1.82) is 0 Å². The number of alkyl halides is 1. The second-order valence-corrected chi connectivity index (χ2v) is 6.14. The Morgan fingerprint density at radius 2 is 2.10 bits per heavy atom. The van der Waals surface area contributed by atoms with Crippen LogP contribution < -0.4 is 0 Å². The van der Waals surface area contributed by atoms with E-state index in [0.29, 0.717) is 21.9 Å². The van der Waals surface area contributed by atoms with Crippen molar-refractivity contribution in [2.75, 3.05) is 7.05 Å². The van der Waals surface area contributed by atoms with Crippen LogP contribution in [-0.4, -0.2) is 33.3 Å². The van der Waals surface area contributed by atoms with E-state index in [2.05, 4.69) is 4.98 Å². The third kappa shape index (κ3) is 2.12. The van der Waals surface area contributed by atoms with E-state index in [-0.39, 0.29) is 18.2 Å². The zero-order valence-corrected chi connectivity index (χ0v) is 13.0. The molecule has 0 bridgehead atoms. The normalized spacial score (nSPS) is 20.6. The number of benzene rings is 1. The molecule has 7 heteroatoms. The molecule has 21 heavy (non-hydrogen) atoms. The van der Waals surface area contributed by atoms with Crippen LogP contribution in [0.2, 0.25) is 5.02 Å². The van der Waals surface area contributed by atoms with Crippen molar-refractivity contribution in [2.24, 2.45) is 0 Å². The van der Waals surface area contributed by atoms with Gasteiger partial charge in [-0.15, -0.1) is 11.6 Å². The Bertz CT molecular complexity index is 754. The van der Waals surface area contributed by atoms with E-state index in [9.17, 15) is 9.59 Å². The molecule has 1 fully saturated rings. The second kappa shape index (κ2) is 5.00. The number of rotatable bonds is 2. The molecule has 1 aromatic heterocycles. The van der Waals surface area contributed by atoms with Crippen LogP contribution in [0.1, 0.15) is 30.6 Å². The first-order chi connectivity index (χ1) is 9.91. The standard InChI is InChI=1S/C14H13Cl2N3O2/c1-7(15)13-17-9-5-3-4-8(16)12(9)19(13)10-6-11(20)18(2)14(10)21/h3-5,7,10H,6H2,1-2H3. The molecule has 2 unspecified atom stereocenters. The number of carbonyl (C=O) groups excluding carboxylic acids is 2. The highest BCUT2D eigenvalue weighted by atomic mass is 35.5. The number of likely N-dealkylation sites (tertiary alicyclic amines) is 1. The number of hydrogen-bond donors (Lipinski definition) is 0. The number of fused-ring (bicyclic) bond motifs is 1. The van der Waals surface area contributed by atoms with Crippen molar-refractivity contribution < 1.29 is 9.59 Å². The number of aromatic nitrogens is 2. The molecule has 2 atom stereocenters. The summed E-state index contributed by atoms with van der Waals surface area (Å²) in [5, 5.41) is 0.0839. The number of para-hydroxylation sites is 1. The van der Waals surface area contributed by atoms with Gasteiger partial charge < -0.3 is 4.57 Å². The third-order valence-corrected chi connectivity index (χ3v) is 4.21. The maximum absolute atomic E-state index is 12.3. The van der Waals surface area contributed by atoms with E-state index in [1.165, 1.54) is 7.05 Å². The Balaban J connectivity index is 2.28. The molecular formula is C14H13Cl2N3O2. The number of imidazole rings is 1. The van der Waals surface area contributed by atoms with Crippen LogP contribution in [0.25, 0.3) is 11.0 Å². The summed E-state index contributed by atoms with van der Waals surface area (Å²) in [6.45, 7) is 1.78. The molecule has 0 spiro atoms. The summed E-state index contributed by atoms with van der Waals surface area (Å²) < 4.78 is 1.71. The summed E-state index contributed by atoms with van der Waals surface area (Å²) in [4.78, 5) is 29.7. The van der Waals surface area contributed by atoms with Crippen molar-refractivity contribution in [3.8, 4) is 0 Å². The SMILES string of the molecule is CC(Cl)c1nc2cccc(Cl)c2n1C1CC(=O)N(C)C1=O. The first-order valence-electron chi connectivity index (χ1n) is 6.52. The number of imide groups is 1. The maximum atomic E-state index is 12.3. The molecule has 1 saturated heterocycles. The predicted octanol–water partition coefficient (Wildman–Crippen LogP) is 2.92. The molecule has 110 valence electrons. The van der Waals surface area contributed by atoms with Crippen LogP contribution in [0.3, 0.4) is 0 Å². The smallest absolute Gasteiger partial charge is 0.252 e. The summed E-state index contributed by atoms with van der Waals surface area (Å²) in [6.07, 6.45) is 0.0998. The predicted molar refractivity (Wildman–Crippen MR) is 80.4 cm³/mol. The van der Waals surface area contributed by atoms with Crippen LogP contribution in [0.5, 0.6) is 0 Å². The van der Waals surface area contributed by atoms with Gasteiger partial charge in [0.15, 0.2) is 0 Å². The van der Waals surface area contributed by atoms with Gasteiger partial charge in [-0.2, -0.15) is 0 Å². The molecule has 0 radical (unpaired) electrons. The summed E-state index contributed by atoms with van der Waals surface area (Å²) in [6, 6.07) is 4.70. The molecule has 5 nitrogen and oxygen atoms in total. The quantitative estimate of drug-likeness (QED) is 0.630. The summed E-state index contributed by atoms with van der Waals surface area (Å²) in [7, 11) is 1.48. The van der Waals surface area contributed by atoms with E-state index in [0.717, 1.165) is 4.90 Å². The first-order valence-corrected chi connectivity index (χ1v) is 7.34. The molecule has 2 aromatic rings. The lowest BCUT2D eigenvalue weighted by molar-refractivity contribution is -0.137. The molecule has 0 saturated carbocycles. The van der Waals surface area contributed by atoms with Crippen molar-refractivity contribution in [2.45, 2.75) is 24.8 Å². The van der Waals surface area contributed by atoms with Gasteiger partial charge in [0.05, 0.1) is 27.9 Å². The number of nitrogens with zero attached hydrogens (tertiary/aromatic N) is 3. The highest BCUT2D eigenvalue weighted by molar-refractivity contribution is 6.35. The summed E-state index contributed by atoms with van der Waals surface area (Å²) in [5.41, 5.74) is 1.31. The molecule has 1 aliphatic heterocycles. The highest BCUT2D eigenvalue weighted by Gasteiger charge is 2.39. The maximum Gasteiger partial charge on any atom is 0.252 e. The van der Waals surface area contributed by atoms with Crippen LogP contribution >= 0.6 is 23.2 Å². The molecular weight excluding hydrogens is 313 g/mol. The molecule has 2 heterocycles. The average molecular weight is 326 g/mol. The lowest BCUT2D eigenvalue weighted by atomic mass is 10.2. The van der Waals surface area contributed by atoms with Gasteiger partial charge >= 0.3 is 0 Å². The van der Waals surface area contributed by atoms with Crippen LogP contribution in [-0.2, 0) is 9.59 Å². The summed E-state index contributed by atoms with van der Waals surface area (Å²) >= 11 is 12.5. The first kappa shape index (κ1) is 14.4. The van der Waals surface area contributed by atoms with Crippen LogP contribution in [0.4, 0.5) is 0 Å². The van der Waals surface area contributed by atoms with E-state index in [1.807, 2.05) is 6.07 Å². The van der Waals surface area contributed by atoms with Gasteiger partial charge in [-0.25, -0.2) is 4.98 Å². The zero-order valence-electron chi connectivity index (χ0n) is 11.5. The topological polar surface area (TPSA) is 55.2 Å². The van der Waals surface area contributed by atoms with Gasteiger partial charge in [0.2, 0.25) is 5.91 Å². The van der Waals surface area contributed by atoms with Crippen molar-refractivity contribution in [3.63, 3.8) is 0 Å². The zero-order chi connectivity index (χ0) is 15.3. The molecule has 0 N–H and O–H groups in total. The molecule has 2 amide bonds. The monoisotopic (exact) mass is 325 g/mol. The summed E-state index contributed by atoms with van der Waals surface area (Å²) in [5.74, 6) is 0.0612. The van der Waals surface area contributed by atoms with E-state index in [4.69, 9.17) is 23.2 Å². The Morgan fingerprint density at radius 1 is 1.38 bits per heavy atom. The van der Waals surface area contributed by atoms with Crippen LogP contribution in [0.15, 0.2) is 18.2 Å². The van der Waals surface area contributed by atoms with Gasteiger partial charge in [0.1, 0.15) is 11.9 Å². The minimum Gasteiger partial charge on any atom is -0.312 e. The number of hydrogen-bond acceptors (Lipinski definition) is 3. The molecule has 1 aliphatic rings. The van der Waals surface area contributed by atoms with Gasteiger partial charge in [-0.3, -0.25) is 14.5 Å². The largest absolute Gasteiger partial charge is 0.312 e. The Morgan fingerprint density at radius 3 is 2.67 bits per heavy atom. The van der Waals surface area contributed by atoms with Crippen molar-refractivity contribution >= 4 is 46.0 Å². The van der Waals surface area contributed by atoms with E-state index >= 15 is 0 Å². The lowest BCUT2D eigenvalue weighted by Crippen LogP contribution is -2.27. The van der Waals surface area contributed by atoms with E-state index in [1.54, 1.807) is 23.6 Å². The molecule has 0 aliphatic carbocycles. The fourth-order valence-electron chi connectivity index (χ4n) is 2.66. The number of halogens is 2. The lowest BCUT2D eigenvalue weighted by Gasteiger charge is -2.16. The minimum absolute atomic E-state index is 0.0998. The number of amides is 2. The van der Waals surface area contributed by atoms with Crippen molar-refractivity contribution in [3.05, 3.63) is 29.0 Å². The Kier molecular flexibility index (Phi) is 3.42. The molecule has 3 rings (SSSR count). The fraction of sp³-hybridized carbons (Fsp3) is 0.357. The van der Waals surface area contributed by atoms with Gasteiger partial charge in [-0.1, -0.05) is 17.7 Å². The fourth-order valence-corrected chi connectivity index (χ4v) is 3.07. The Labute approximate surface area is 131 Å². The van der Waals surface area contributed by atoms with Gasteiger partial charge in [-0.05, 0) is 19.1 Å². The average Bonchev–Trinajstić information content (AvgIpc) is 2.93. The van der Waals surface area contributed by atoms with Crippen LogP contribution in [0, 0.1) is 0 Å². The molecule has 1 aromatic carbocycles. The second-order valence-electron chi connectivity index (χ2n) is 5.07. The van der Waals surface area contributed by atoms with Crippen molar-refractivity contribution in [1.82, 2.24) is 14.5 Å². The Hall–Kier alpha value is -1.59.